The summed E-state index contributed by atoms with van der Waals surface area (Å²) in [6, 6.07) is 8.77. The van der Waals surface area contributed by atoms with Gasteiger partial charge in [0.25, 0.3) is 0 Å². The number of benzene rings is 1. The minimum absolute atomic E-state index is 0.152. The molecule has 1 heterocycles. The average molecular weight is 465 g/mol. The standard InChI is InChI=1S/C24H37BrN2O2/c1-23(2,3)26-13-11-17(12-14-26)16-27(22(28)29-24(4,5)6)21-15-20(21)18-7-9-19(25)10-8-18/h7-10,17,20-21H,11-16H2,1-6H3/t20-,21+/m0/s1. The molecule has 0 bridgehead atoms. The molecule has 0 N–H and O–H groups in total. The normalized spacial score (nSPS) is 23.7. The van der Waals surface area contributed by atoms with E-state index >= 15 is 0 Å². The number of carbonyl (C=O) groups excluding carboxylic acids is 1. The summed E-state index contributed by atoms with van der Waals surface area (Å²) >= 11 is 3.51. The van der Waals surface area contributed by atoms with Crippen LogP contribution in [0.1, 0.15) is 72.3 Å². The van der Waals surface area contributed by atoms with Crippen LogP contribution in [0.15, 0.2) is 28.7 Å². The molecule has 0 radical (unpaired) electrons. The zero-order valence-corrected chi connectivity index (χ0v) is 20.5. The average Bonchev–Trinajstić information content (AvgIpc) is 3.38. The van der Waals surface area contributed by atoms with Crippen LogP contribution in [0.2, 0.25) is 0 Å². The van der Waals surface area contributed by atoms with E-state index < -0.39 is 5.60 Å². The SMILES string of the molecule is CC(C)(C)OC(=O)N(CC1CCN(C(C)(C)C)CC1)[C@@H]1C[C@H]1c1ccc(Br)cc1. The first-order chi connectivity index (χ1) is 13.4. The predicted octanol–water partition coefficient (Wildman–Crippen LogP) is 6.05. The third-order valence-corrected chi connectivity index (χ3v) is 6.63. The molecule has 1 saturated carbocycles. The van der Waals surface area contributed by atoms with Crippen molar-refractivity contribution < 1.29 is 9.53 Å². The molecule has 1 aliphatic heterocycles. The van der Waals surface area contributed by atoms with Crippen LogP contribution in [0, 0.1) is 5.92 Å². The van der Waals surface area contributed by atoms with Crippen molar-refractivity contribution in [2.24, 2.45) is 5.92 Å². The predicted molar refractivity (Wildman–Crippen MR) is 122 cm³/mol. The minimum atomic E-state index is -0.465. The second kappa shape index (κ2) is 8.58. The monoisotopic (exact) mass is 464 g/mol. The number of amides is 1. The van der Waals surface area contributed by atoms with Gasteiger partial charge in [0.05, 0.1) is 0 Å². The summed E-state index contributed by atoms with van der Waals surface area (Å²) in [6.45, 7) is 15.7. The summed E-state index contributed by atoms with van der Waals surface area (Å²) < 4.78 is 6.88. The van der Waals surface area contributed by atoms with Gasteiger partial charge in [-0.3, -0.25) is 4.90 Å². The Hall–Kier alpha value is -1.07. The Labute approximate surface area is 185 Å². The molecule has 162 valence electrons. The number of rotatable bonds is 4. The molecule has 2 fully saturated rings. The Balaban J connectivity index is 1.66. The van der Waals surface area contributed by atoms with Crippen molar-refractivity contribution in [3.63, 3.8) is 0 Å². The van der Waals surface area contributed by atoms with E-state index in [1.165, 1.54) is 5.56 Å². The molecule has 0 aromatic heterocycles. The third-order valence-electron chi connectivity index (χ3n) is 6.10. The van der Waals surface area contributed by atoms with Crippen LogP contribution in [0.5, 0.6) is 0 Å². The smallest absolute Gasteiger partial charge is 0.410 e. The summed E-state index contributed by atoms with van der Waals surface area (Å²) in [5.41, 5.74) is 1.07. The van der Waals surface area contributed by atoms with E-state index in [-0.39, 0.29) is 17.7 Å². The van der Waals surface area contributed by atoms with Gasteiger partial charge in [0, 0.05) is 28.5 Å². The maximum absolute atomic E-state index is 13.1. The first kappa shape index (κ1) is 22.6. The second-order valence-electron chi connectivity index (χ2n) is 10.7. The number of likely N-dealkylation sites (tertiary alicyclic amines) is 1. The Morgan fingerprint density at radius 2 is 1.69 bits per heavy atom. The number of halogens is 1. The summed E-state index contributed by atoms with van der Waals surface area (Å²) in [7, 11) is 0. The number of ether oxygens (including phenoxy) is 1. The molecule has 4 nitrogen and oxygen atoms in total. The molecule has 0 spiro atoms. The molecule has 1 amide bonds. The van der Waals surface area contributed by atoms with Crippen LogP contribution in [0.3, 0.4) is 0 Å². The van der Waals surface area contributed by atoms with Crippen molar-refractivity contribution in [1.29, 1.82) is 0 Å². The van der Waals surface area contributed by atoms with Crippen molar-refractivity contribution >= 4 is 22.0 Å². The highest BCUT2D eigenvalue weighted by Gasteiger charge is 2.46. The van der Waals surface area contributed by atoms with Crippen molar-refractivity contribution in [3.8, 4) is 0 Å². The zero-order chi connectivity index (χ0) is 21.4. The number of nitrogens with zero attached hydrogens (tertiary/aromatic N) is 2. The van der Waals surface area contributed by atoms with Crippen LogP contribution in [0.25, 0.3) is 0 Å². The molecule has 3 rings (SSSR count). The van der Waals surface area contributed by atoms with Gasteiger partial charge < -0.3 is 9.64 Å². The van der Waals surface area contributed by atoms with E-state index in [2.05, 4.69) is 65.9 Å². The Bertz CT molecular complexity index is 697. The van der Waals surface area contributed by atoms with E-state index in [0.717, 1.165) is 43.4 Å². The van der Waals surface area contributed by atoms with Crippen LogP contribution >= 0.6 is 15.9 Å². The number of hydrogen-bond acceptors (Lipinski definition) is 3. The highest BCUT2D eigenvalue weighted by atomic mass is 79.9. The molecular weight excluding hydrogens is 428 g/mol. The van der Waals surface area contributed by atoms with Crippen molar-refractivity contribution in [3.05, 3.63) is 34.3 Å². The highest BCUT2D eigenvalue weighted by Crippen LogP contribution is 2.46. The summed E-state index contributed by atoms with van der Waals surface area (Å²) in [4.78, 5) is 17.7. The minimum Gasteiger partial charge on any atom is -0.444 e. The largest absolute Gasteiger partial charge is 0.444 e. The number of hydrogen-bond donors (Lipinski definition) is 0. The van der Waals surface area contributed by atoms with Gasteiger partial charge in [-0.15, -0.1) is 0 Å². The molecule has 2 aliphatic rings. The number of piperidine rings is 1. The van der Waals surface area contributed by atoms with Gasteiger partial charge in [-0.25, -0.2) is 4.79 Å². The van der Waals surface area contributed by atoms with Gasteiger partial charge in [0.2, 0.25) is 0 Å². The topological polar surface area (TPSA) is 32.8 Å². The molecule has 2 atom stereocenters. The summed E-state index contributed by atoms with van der Waals surface area (Å²) in [6.07, 6.45) is 3.17. The van der Waals surface area contributed by atoms with Gasteiger partial charge >= 0.3 is 6.09 Å². The molecule has 1 aromatic rings. The lowest BCUT2D eigenvalue weighted by Crippen LogP contribution is -2.48. The molecule has 1 saturated heterocycles. The van der Waals surface area contributed by atoms with Gasteiger partial charge in [0.1, 0.15) is 5.60 Å². The molecular formula is C24H37BrN2O2. The van der Waals surface area contributed by atoms with Crippen molar-refractivity contribution in [2.75, 3.05) is 19.6 Å². The van der Waals surface area contributed by atoms with Gasteiger partial charge in [-0.2, -0.15) is 0 Å². The molecule has 0 unspecified atom stereocenters. The first-order valence-corrected chi connectivity index (χ1v) is 11.7. The maximum atomic E-state index is 13.1. The highest BCUT2D eigenvalue weighted by molar-refractivity contribution is 9.10. The molecule has 5 heteroatoms. The Morgan fingerprint density at radius 1 is 1.10 bits per heavy atom. The van der Waals surface area contributed by atoms with E-state index in [1.807, 2.05) is 25.7 Å². The first-order valence-electron chi connectivity index (χ1n) is 10.9. The van der Waals surface area contributed by atoms with Crippen LogP contribution < -0.4 is 0 Å². The van der Waals surface area contributed by atoms with Crippen molar-refractivity contribution in [2.45, 2.75) is 83.9 Å². The van der Waals surface area contributed by atoms with Crippen LogP contribution in [-0.2, 0) is 4.74 Å². The van der Waals surface area contributed by atoms with E-state index in [1.54, 1.807) is 0 Å². The molecule has 1 aromatic carbocycles. The lowest BCUT2D eigenvalue weighted by atomic mass is 9.92. The summed E-state index contributed by atoms with van der Waals surface area (Å²) in [5, 5.41) is 0. The Kier molecular flexibility index (Phi) is 6.69. The second-order valence-corrected chi connectivity index (χ2v) is 11.6. The van der Waals surface area contributed by atoms with E-state index in [9.17, 15) is 4.79 Å². The van der Waals surface area contributed by atoms with Crippen LogP contribution in [0.4, 0.5) is 4.79 Å². The third kappa shape index (κ3) is 6.21. The lowest BCUT2D eigenvalue weighted by molar-refractivity contribution is 0.0143. The fourth-order valence-electron chi connectivity index (χ4n) is 4.32. The van der Waals surface area contributed by atoms with Crippen molar-refractivity contribution in [1.82, 2.24) is 9.80 Å². The van der Waals surface area contributed by atoms with Gasteiger partial charge in [0.15, 0.2) is 0 Å². The fourth-order valence-corrected chi connectivity index (χ4v) is 4.59. The maximum Gasteiger partial charge on any atom is 0.410 e. The van der Waals surface area contributed by atoms with Crippen LogP contribution in [-0.4, -0.2) is 52.7 Å². The molecule has 1 aliphatic carbocycles. The zero-order valence-electron chi connectivity index (χ0n) is 18.9. The van der Waals surface area contributed by atoms with Gasteiger partial charge in [-0.1, -0.05) is 28.1 Å². The lowest BCUT2D eigenvalue weighted by Gasteiger charge is -2.42. The van der Waals surface area contributed by atoms with E-state index in [0.29, 0.717) is 11.8 Å². The molecule has 29 heavy (non-hydrogen) atoms. The fraction of sp³-hybridized carbons (Fsp3) is 0.708. The quantitative estimate of drug-likeness (QED) is 0.543. The summed E-state index contributed by atoms with van der Waals surface area (Å²) in [5.74, 6) is 0.970. The van der Waals surface area contributed by atoms with Gasteiger partial charge in [-0.05, 0) is 97.5 Å². The number of carbonyl (C=O) groups is 1. The van der Waals surface area contributed by atoms with E-state index in [4.69, 9.17) is 4.74 Å². The Morgan fingerprint density at radius 3 is 2.21 bits per heavy atom.